The number of nitrogens with zero attached hydrogens (tertiary/aromatic N) is 3. The molecule has 0 aliphatic carbocycles. The maximum Gasteiger partial charge on any atom is 0.318 e. The molecule has 1 atom stereocenters. The maximum atomic E-state index is 12.7. The maximum absolute atomic E-state index is 12.7. The van der Waals surface area contributed by atoms with Gasteiger partial charge in [0.1, 0.15) is 5.82 Å². The van der Waals surface area contributed by atoms with Crippen molar-refractivity contribution in [3.8, 4) is 0 Å². The number of carbonyl (C=O) groups is 1. The number of amides is 2. The molecule has 2 heterocycles. The van der Waals surface area contributed by atoms with E-state index in [4.69, 9.17) is 11.6 Å². The van der Waals surface area contributed by atoms with Crippen LogP contribution in [0.5, 0.6) is 0 Å². The summed E-state index contributed by atoms with van der Waals surface area (Å²) < 4.78 is 27.1. The normalized spacial score (nSPS) is 18.0. The number of halogens is 1. The zero-order valence-electron chi connectivity index (χ0n) is 15.4. The lowest BCUT2D eigenvalue weighted by Gasteiger charge is -2.35. The van der Waals surface area contributed by atoms with E-state index in [1.807, 2.05) is 23.7 Å². The van der Waals surface area contributed by atoms with Gasteiger partial charge >= 0.3 is 6.03 Å². The predicted molar refractivity (Wildman–Crippen MR) is 105 cm³/mol. The quantitative estimate of drug-likeness (QED) is 0.781. The Kier molecular flexibility index (Phi) is 5.92. The Morgan fingerprint density at radius 1 is 1.37 bits per heavy atom. The van der Waals surface area contributed by atoms with Crippen LogP contribution < -0.4 is 10.0 Å². The van der Waals surface area contributed by atoms with Gasteiger partial charge < -0.3 is 14.8 Å². The van der Waals surface area contributed by atoms with Crippen LogP contribution in [0.2, 0.25) is 5.02 Å². The first kappa shape index (κ1) is 19.9. The summed E-state index contributed by atoms with van der Waals surface area (Å²) in [6, 6.07) is 5.16. The Labute approximate surface area is 163 Å². The Morgan fingerprint density at radius 3 is 2.85 bits per heavy atom. The van der Waals surface area contributed by atoms with Crippen molar-refractivity contribution in [2.75, 3.05) is 19.3 Å². The van der Waals surface area contributed by atoms with E-state index < -0.39 is 10.0 Å². The topological polar surface area (TPSA) is 96.3 Å². The number of hydrogen-bond acceptors (Lipinski definition) is 4. The van der Waals surface area contributed by atoms with Crippen molar-refractivity contribution in [1.29, 1.82) is 0 Å². The molecule has 1 unspecified atom stereocenters. The van der Waals surface area contributed by atoms with Gasteiger partial charge in [-0.05, 0) is 31.4 Å². The first-order valence-corrected chi connectivity index (χ1v) is 11.1. The number of hydrogen-bond donors (Lipinski definition) is 2. The fourth-order valence-electron chi connectivity index (χ4n) is 3.41. The van der Waals surface area contributed by atoms with Gasteiger partial charge in [0.25, 0.3) is 0 Å². The molecule has 0 radical (unpaired) electrons. The van der Waals surface area contributed by atoms with Gasteiger partial charge in [-0.3, -0.25) is 0 Å². The molecule has 2 amide bonds. The fraction of sp³-hybridized carbons (Fsp3) is 0.529. The Hall–Kier alpha value is -1.84. The average Bonchev–Trinajstić information content (AvgIpc) is 2.95. The lowest BCUT2D eigenvalue weighted by atomic mass is 10.0. The molecule has 10 heteroatoms. The zero-order valence-corrected chi connectivity index (χ0v) is 17.0. The molecule has 0 saturated carbocycles. The average molecular weight is 414 g/mol. The number of rotatable bonds is 5. The summed E-state index contributed by atoms with van der Waals surface area (Å²) in [6.07, 6.45) is 3.78. The van der Waals surface area contributed by atoms with Crippen molar-refractivity contribution in [2.24, 2.45) is 7.05 Å². The van der Waals surface area contributed by atoms with E-state index >= 15 is 0 Å². The second-order valence-corrected chi connectivity index (χ2v) is 9.06. The van der Waals surface area contributed by atoms with Crippen molar-refractivity contribution < 1.29 is 13.2 Å². The van der Waals surface area contributed by atoms with Crippen LogP contribution in [0, 0.1) is 0 Å². The van der Waals surface area contributed by atoms with Crippen LogP contribution in [0.1, 0.15) is 25.1 Å². The lowest BCUT2D eigenvalue weighted by molar-refractivity contribution is 0.151. The second kappa shape index (κ2) is 8.04. The van der Waals surface area contributed by atoms with Crippen LogP contribution in [-0.4, -0.2) is 54.3 Å². The number of benzene rings is 1. The van der Waals surface area contributed by atoms with Gasteiger partial charge in [-0.1, -0.05) is 17.7 Å². The first-order chi connectivity index (χ1) is 12.8. The minimum Gasteiger partial charge on any atom is -0.331 e. The summed E-state index contributed by atoms with van der Waals surface area (Å²) in [5, 5.41) is 3.51. The van der Waals surface area contributed by atoms with E-state index in [0.29, 0.717) is 17.4 Å². The number of para-hydroxylation sites is 1. The summed E-state index contributed by atoms with van der Waals surface area (Å²) in [5.41, 5.74) is 1.61. The predicted octanol–water partition coefficient (Wildman–Crippen LogP) is 1.84. The highest BCUT2D eigenvalue weighted by Crippen LogP contribution is 2.23. The molecule has 148 valence electrons. The number of urea groups is 1. The van der Waals surface area contributed by atoms with E-state index in [1.165, 1.54) is 0 Å². The third kappa shape index (κ3) is 4.72. The largest absolute Gasteiger partial charge is 0.331 e. The Morgan fingerprint density at radius 2 is 2.15 bits per heavy atom. The second-order valence-electron chi connectivity index (χ2n) is 6.82. The molecule has 1 aromatic carbocycles. The first-order valence-electron chi connectivity index (χ1n) is 8.85. The highest BCUT2D eigenvalue weighted by atomic mass is 35.5. The number of aromatic nitrogens is 2. The number of sulfonamides is 1. The monoisotopic (exact) mass is 413 g/mol. The molecule has 1 saturated heterocycles. The molecular weight excluding hydrogens is 390 g/mol. The van der Waals surface area contributed by atoms with Crippen LogP contribution in [-0.2, 0) is 23.6 Å². The van der Waals surface area contributed by atoms with E-state index in [1.54, 1.807) is 11.0 Å². The fourth-order valence-corrected chi connectivity index (χ4v) is 4.20. The third-order valence-corrected chi connectivity index (χ3v) is 5.80. The van der Waals surface area contributed by atoms with Crippen LogP contribution in [0.25, 0.3) is 11.0 Å². The minimum absolute atomic E-state index is 0.150. The van der Waals surface area contributed by atoms with Crippen molar-refractivity contribution in [1.82, 2.24) is 24.5 Å². The third-order valence-electron chi connectivity index (χ3n) is 4.80. The Balaban J connectivity index is 1.67. The van der Waals surface area contributed by atoms with Crippen LogP contribution >= 0.6 is 11.6 Å². The van der Waals surface area contributed by atoms with Crippen LogP contribution in [0.4, 0.5) is 4.79 Å². The molecule has 2 aromatic rings. The van der Waals surface area contributed by atoms with Crippen molar-refractivity contribution in [3.63, 3.8) is 0 Å². The van der Waals surface area contributed by atoms with Gasteiger partial charge in [0, 0.05) is 26.2 Å². The summed E-state index contributed by atoms with van der Waals surface area (Å²) >= 11 is 6.24. The number of fused-ring (bicyclic) bond motifs is 1. The summed E-state index contributed by atoms with van der Waals surface area (Å²) in [6.45, 7) is 1.10. The van der Waals surface area contributed by atoms with Gasteiger partial charge in [-0.15, -0.1) is 0 Å². The van der Waals surface area contributed by atoms with Gasteiger partial charge in [0.2, 0.25) is 10.0 Å². The molecule has 0 spiro atoms. The van der Waals surface area contributed by atoms with Crippen LogP contribution in [0.15, 0.2) is 18.2 Å². The van der Waals surface area contributed by atoms with E-state index in [9.17, 15) is 13.2 Å². The summed E-state index contributed by atoms with van der Waals surface area (Å²) in [5.74, 6) is 0.703. The van der Waals surface area contributed by atoms with E-state index in [2.05, 4.69) is 15.0 Å². The molecule has 1 fully saturated rings. The molecule has 8 nitrogen and oxygen atoms in total. The number of likely N-dealkylation sites (tertiary alicyclic amines) is 1. The van der Waals surface area contributed by atoms with Gasteiger partial charge in [0.15, 0.2) is 0 Å². The number of aryl methyl sites for hydroxylation is 1. The van der Waals surface area contributed by atoms with Crippen LogP contribution in [0.3, 0.4) is 0 Å². The Bertz CT molecular complexity index is 943. The van der Waals surface area contributed by atoms with E-state index in [-0.39, 0.29) is 25.2 Å². The molecule has 27 heavy (non-hydrogen) atoms. The molecule has 3 rings (SSSR count). The van der Waals surface area contributed by atoms with Crippen molar-refractivity contribution in [2.45, 2.75) is 31.8 Å². The SMILES string of the molecule is Cn1c(CNC(=O)N2CCCCC2CNS(C)(=O)=O)nc2cccc(Cl)c21. The van der Waals surface area contributed by atoms with Gasteiger partial charge in [-0.25, -0.2) is 22.9 Å². The number of carbonyl (C=O) groups excluding carboxylic acids is 1. The minimum atomic E-state index is -3.29. The lowest BCUT2D eigenvalue weighted by Crippen LogP contribution is -2.52. The van der Waals surface area contributed by atoms with Crippen molar-refractivity contribution in [3.05, 3.63) is 29.0 Å². The molecule has 1 aliphatic rings. The molecule has 2 N–H and O–H groups in total. The van der Waals surface area contributed by atoms with E-state index in [0.717, 1.165) is 36.6 Å². The molecule has 0 bridgehead atoms. The summed E-state index contributed by atoms with van der Waals surface area (Å²) in [7, 11) is -1.42. The summed E-state index contributed by atoms with van der Waals surface area (Å²) in [4.78, 5) is 18.9. The molecule has 1 aliphatic heterocycles. The number of imidazole rings is 1. The highest BCUT2D eigenvalue weighted by Gasteiger charge is 2.27. The van der Waals surface area contributed by atoms with Gasteiger partial charge in [-0.2, -0.15) is 0 Å². The standard InChI is InChI=1S/C17H24ClN5O3S/c1-22-15(21-14-8-5-7-13(18)16(14)22)11-19-17(24)23-9-4-3-6-12(23)10-20-27(2,25)26/h5,7-8,12,20H,3-4,6,9-11H2,1-2H3,(H,19,24). The number of nitrogens with one attached hydrogen (secondary N) is 2. The highest BCUT2D eigenvalue weighted by molar-refractivity contribution is 7.88. The number of piperidine rings is 1. The van der Waals surface area contributed by atoms with Gasteiger partial charge in [0.05, 0.1) is 28.9 Å². The van der Waals surface area contributed by atoms with Crippen molar-refractivity contribution >= 4 is 38.7 Å². The smallest absolute Gasteiger partial charge is 0.318 e. The zero-order chi connectivity index (χ0) is 19.6. The molecular formula is C17H24ClN5O3S. The molecule has 1 aromatic heterocycles.